The van der Waals surface area contributed by atoms with Crippen LogP contribution < -0.4 is 5.32 Å². The summed E-state index contributed by atoms with van der Waals surface area (Å²) in [6.07, 6.45) is -0.308. The molecule has 3 aliphatic rings. The van der Waals surface area contributed by atoms with Crippen LogP contribution in [0.3, 0.4) is 0 Å². The van der Waals surface area contributed by atoms with Crippen molar-refractivity contribution in [3.63, 3.8) is 0 Å². The Bertz CT molecular complexity index is 910. The molecule has 3 fully saturated rings. The Labute approximate surface area is 179 Å². The Morgan fingerprint density at radius 2 is 1.94 bits per heavy atom. The molecule has 0 atom stereocenters. The Hall–Kier alpha value is -2.76. The van der Waals surface area contributed by atoms with E-state index in [1.165, 1.54) is 6.07 Å². The fourth-order valence-electron chi connectivity index (χ4n) is 4.98. The zero-order chi connectivity index (χ0) is 22.2. The average molecular weight is 434 g/mol. The number of piperidine rings is 2. The summed E-state index contributed by atoms with van der Waals surface area (Å²) in [5.41, 5.74) is -0.941. The van der Waals surface area contributed by atoms with Crippen molar-refractivity contribution in [2.45, 2.75) is 50.2 Å². The molecule has 0 bridgehead atoms. The van der Waals surface area contributed by atoms with Crippen LogP contribution in [0.1, 0.15) is 48.8 Å². The smallest absolute Gasteiger partial charge is 0.347 e. The number of hydrogen-bond donors (Lipinski definition) is 1. The number of carbonyl (C=O) groups excluding carboxylic acids is 2. The molecule has 9 heteroatoms. The highest BCUT2D eigenvalue weighted by atomic mass is 19.4. The van der Waals surface area contributed by atoms with Crippen molar-refractivity contribution in [3.05, 3.63) is 34.9 Å². The van der Waals surface area contributed by atoms with E-state index in [0.717, 1.165) is 31.7 Å². The maximum atomic E-state index is 13.2. The van der Waals surface area contributed by atoms with Crippen LogP contribution in [0.5, 0.6) is 0 Å². The van der Waals surface area contributed by atoms with Gasteiger partial charge < -0.3 is 15.1 Å². The number of carbonyl (C=O) groups is 2. The number of nitrogens with one attached hydrogen (secondary N) is 1. The third-order valence-corrected chi connectivity index (χ3v) is 6.64. The Morgan fingerprint density at radius 1 is 1.23 bits per heavy atom. The molecule has 0 saturated carbocycles. The number of urea groups is 1. The molecule has 166 valence electrons. The lowest BCUT2D eigenvalue weighted by Crippen LogP contribution is -2.73. The molecule has 31 heavy (non-hydrogen) atoms. The molecule has 4 rings (SSSR count). The van der Waals surface area contributed by atoms with E-state index in [-0.39, 0.29) is 29.0 Å². The molecule has 1 spiro atoms. The number of nitriles is 1. The van der Waals surface area contributed by atoms with Gasteiger partial charge in [0, 0.05) is 32.6 Å². The topological polar surface area (TPSA) is 76.4 Å². The number of likely N-dealkylation sites (tertiary alicyclic amines) is 2. The van der Waals surface area contributed by atoms with E-state index < -0.39 is 11.7 Å². The monoisotopic (exact) mass is 434 g/mol. The lowest BCUT2D eigenvalue weighted by molar-refractivity contribution is -0.137. The Morgan fingerprint density at radius 3 is 2.55 bits per heavy atom. The minimum Gasteiger partial charge on any atom is -0.347 e. The van der Waals surface area contributed by atoms with Gasteiger partial charge >= 0.3 is 12.2 Å². The molecule has 3 saturated heterocycles. The number of alkyl halides is 3. The fourth-order valence-corrected chi connectivity index (χ4v) is 4.98. The second kappa shape index (κ2) is 8.06. The lowest BCUT2D eigenvalue weighted by Gasteiger charge is -2.53. The van der Waals surface area contributed by atoms with Crippen LogP contribution in [0.15, 0.2) is 18.2 Å². The standard InChI is InChI=1S/C22H25F3N4O2/c23-22(24,25)18-11-16(3-4-17(18)12-26)10-15-5-8-28(9-6-15)20(31)29-13-21(14-29)7-1-2-19(30)27-21/h3-4,11,15H,1-2,5-10,13-14H2,(H,27,30). The quantitative estimate of drug-likeness (QED) is 0.776. The van der Waals surface area contributed by atoms with E-state index in [0.29, 0.717) is 44.6 Å². The molecular formula is C22H25F3N4O2. The summed E-state index contributed by atoms with van der Waals surface area (Å²) in [5, 5.41) is 12.0. The predicted octanol–water partition coefficient (Wildman–Crippen LogP) is 3.31. The second-order valence-corrected chi connectivity index (χ2v) is 8.94. The lowest BCUT2D eigenvalue weighted by atomic mass is 9.81. The van der Waals surface area contributed by atoms with Crippen molar-refractivity contribution in [3.8, 4) is 6.07 Å². The molecule has 0 aliphatic carbocycles. The van der Waals surface area contributed by atoms with Crippen molar-refractivity contribution in [2.75, 3.05) is 26.2 Å². The van der Waals surface area contributed by atoms with E-state index in [4.69, 9.17) is 5.26 Å². The molecule has 3 heterocycles. The van der Waals surface area contributed by atoms with Crippen LogP contribution in [0, 0.1) is 17.2 Å². The maximum Gasteiger partial charge on any atom is 0.417 e. The summed E-state index contributed by atoms with van der Waals surface area (Å²) >= 11 is 0. The van der Waals surface area contributed by atoms with Crippen LogP contribution in [0.2, 0.25) is 0 Å². The third kappa shape index (κ3) is 4.48. The SMILES string of the molecule is N#Cc1ccc(CC2CCN(C(=O)N3CC4(CCCC(=O)N4)C3)CC2)cc1C(F)(F)F. The minimum atomic E-state index is -4.55. The van der Waals surface area contributed by atoms with Crippen LogP contribution in [-0.2, 0) is 17.4 Å². The van der Waals surface area contributed by atoms with Crippen LogP contribution in [-0.4, -0.2) is 53.5 Å². The van der Waals surface area contributed by atoms with Crippen molar-refractivity contribution in [2.24, 2.45) is 5.92 Å². The van der Waals surface area contributed by atoms with Crippen molar-refractivity contribution < 1.29 is 22.8 Å². The van der Waals surface area contributed by atoms with Gasteiger partial charge in [0.15, 0.2) is 0 Å². The zero-order valence-corrected chi connectivity index (χ0v) is 17.2. The van der Waals surface area contributed by atoms with Gasteiger partial charge in [0.1, 0.15) is 0 Å². The number of rotatable bonds is 2. The highest BCUT2D eigenvalue weighted by molar-refractivity contribution is 5.80. The summed E-state index contributed by atoms with van der Waals surface area (Å²) in [7, 11) is 0. The number of benzene rings is 1. The van der Waals surface area contributed by atoms with E-state index in [9.17, 15) is 22.8 Å². The molecule has 3 amide bonds. The molecular weight excluding hydrogens is 409 g/mol. The number of hydrogen-bond acceptors (Lipinski definition) is 3. The van der Waals surface area contributed by atoms with Gasteiger partial charge in [-0.2, -0.15) is 18.4 Å². The van der Waals surface area contributed by atoms with Crippen LogP contribution >= 0.6 is 0 Å². The predicted molar refractivity (Wildman–Crippen MR) is 106 cm³/mol. The first kappa shape index (κ1) is 21.5. The van der Waals surface area contributed by atoms with E-state index >= 15 is 0 Å². The molecule has 1 N–H and O–H groups in total. The maximum absolute atomic E-state index is 13.2. The van der Waals surface area contributed by atoms with Crippen LogP contribution in [0.4, 0.5) is 18.0 Å². The normalized spacial score (nSPS) is 21.4. The van der Waals surface area contributed by atoms with Crippen molar-refractivity contribution in [1.29, 1.82) is 5.26 Å². The zero-order valence-electron chi connectivity index (χ0n) is 17.2. The second-order valence-electron chi connectivity index (χ2n) is 8.94. The summed E-state index contributed by atoms with van der Waals surface area (Å²) in [4.78, 5) is 28.0. The highest BCUT2D eigenvalue weighted by Gasteiger charge is 2.48. The molecule has 0 radical (unpaired) electrons. The number of amides is 3. The first-order valence-corrected chi connectivity index (χ1v) is 10.6. The average Bonchev–Trinajstić information content (AvgIpc) is 2.71. The summed E-state index contributed by atoms with van der Waals surface area (Å²) in [6, 6.07) is 5.48. The molecule has 3 aliphatic heterocycles. The van der Waals surface area contributed by atoms with Gasteiger partial charge in [-0.25, -0.2) is 4.79 Å². The third-order valence-electron chi connectivity index (χ3n) is 6.64. The molecule has 0 aromatic heterocycles. The van der Waals surface area contributed by atoms with Gasteiger partial charge in [0.2, 0.25) is 5.91 Å². The Kier molecular flexibility index (Phi) is 5.58. The first-order chi connectivity index (χ1) is 14.7. The number of nitrogens with zero attached hydrogens (tertiary/aromatic N) is 3. The Balaban J connectivity index is 1.29. The highest BCUT2D eigenvalue weighted by Crippen LogP contribution is 2.34. The van der Waals surface area contributed by atoms with Gasteiger partial charge in [-0.15, -0.1) is 0 Å². The van der Waals surface area contributed by atoms with Gasteiger partial charge in [-0.1, -0.05) is 6.07 Å². The van der Waals surface area contributed by atoms with E-state index in [2.05, 4.69) is 5.32 Å². The van der Waals surface area contributed by atoms with Crippen molar-refractivity contribution >= 4 is 11.9 Å². The minimum absolute atomic E-state index is 0.0263. The molecule has 6 nitrogen and oxygen atoms in total. The van der Waals surface area contributed by atoms with E-state index in [1.807, 2.05) is 0 Å². The van der Waals surface area contributed by atoms with Crippen molar-refractivity contribution in [1.82, 2.24) is 15.1 Å². The summed E-state index contributed by atoms with van der Waals surface area (Å²) < 4.78 is 39.5. The van der Waals surface area contributed by atoms with Gasteiger partial charge in [0.25, 0.3) is 0 Å². The molecule has 1 aromatic carbocycles. The van der Waals surface area contributed by atoms with Gasteiger partial charge in [0.05, 0.1) is 22.7 Å². The molecule has 1 aromatic rings. The summed E-state index contributed by atoms with van der Waals surface area (Å²) in [5.74, 6) is 0.245. The van der Waals surface area contributed by atoms with Gasteiger partial charge in [-0.05, 0) is 55.7 Å². The van der Waals surface area contributed by atoms with Gasteiger partial charge in [-0.3, -0.25) is 4.79 Å². The number of halogens is 3. The van der Waals surface area contributed by atoms with Crippen LogP contribution in [0.25, 0.3) is 0 Å². The fraction of sp³-hybridized carbons (Fsp3) is 0.591. The molecule has 0 unspecified atom stereocenters. The largest absolute Gasteiger partial charge is 0.417 e. The van der Waals surface area contributed by atoms with E-state index in [1.54, 1.807) is 21.9 Å². The summed E-state index contributed by atoms with van der Waals surface area (Å²) in [6.45, 7) is 2.23. The first-order valence-electron chi connectivity index (χ1n) is 10.6.